The highest BCUT2D eigenvalue weighted by Gasteiger charge is 2.21. The summed E-state index contributed by atoms with van der Waals surface area (Å²) in [7, 11) is 0. The van der Waals surface area contributed by atoms with E-state index >= 15 is 0 Å². The number of hydrogen-bond donors (Lipinski definition) is 1. The molecule has 0 atom stereocenters. The van der Waals surface area contributed by atoms with Crippen LogP contribution in [0, 0.1) is 6.92 Å². The minimum Gasteiger partial charge on any atom is -0.312 e. The molecule has 0 radical (unpaired) electrons. The Balaban J connectivity index is 2.02. The predicted molar refractivity (Wildman–Crippen MR) is 64.3 cm³/mol. The second kappa shape index (κ2) is 3.76. The molecule has 0 spiro atoms. The molecule has 3 nitrogen and oxygen atoms in total. The van der Waals surface area contributed by atoms with Crippen LogP contribution in [0.15, 0.2) is 36.5 Å². The van der Waals surface area contributed by atoms with E-state index in [1.807, 2.05) is 6.20 Å². The Bertz CT molecular complexity index is 497. The third-order valence-corrected chi connectivity index (χ3v) is 3.09. The van der Waals surface area contributed by atoms with Gasteiger partial charge in [-0.25, -0.2) is 0 Å². The van der Waals surface area contributed by atoms with Crippen molar-refractivity contribution in [3.05, 3.63) is 42.1 Å². The van der Waals surface area contributed by atoms with Crippen molar-refractivity contribution < 1.29 is 0 Å². The molecule has 0 aliphatic carbocycles. The number of hydrogen-bond acceptors (Lipinski definition) is 2. The van der Waals surface area contributed by atoms with Crippen molar-refractivity contribution in [2.24, 2.45) is 0 Å². The van der Waals surface area contributed by atoms with Crippen molar-refractivity contribution in [3.8, 4) is 11.3 Å². The van der Waals surface area contributed by atoms with E-state index in [2.05, 4.69) is 52.4 Å². The molecular formula is C13H15N3. The molecule has 1 N–H and O–H groups in total. The number of aromatic nitrogens is 2. The Morgan fingerprint density at radius 3 is 2.88 bits per heavy atom. The van der Waals surface area contributed by atoms with E-state index in [1.54, 1.807) is 0 Å². The molecule has 1 fully saturated rings. The maximum Gasteiger partial charge on any atom is 0.0774 e. The first-order valence-electron chi connectivity index (χ1n) is 5.66. The van der Waals surface area contributed by atoms with Gasteiger partial charge < -0.3 is 5.32 Å². The van der Waals surface area contributed by atoms with E-state index in [9.17, 15) is 0 Å². The standard InChI is InChI=1S/C13H15N3/c1-10-3-2-4-11(7-10)13-5-6-15-16(13)12-8-14-9-12/h2-7,12,14H,8-9H2,1H3. The lowest BCUT2D eigenvalue weighted by Crippen LogP contribution is -2.44. The largest absolute Gasteiger partial charge is 0.312 e. The Morgan fingerprint density at radius 1 is 1.31 bits per heavy atom. The van der Waals surface area contributed by atoms with Crippen LogP contribution in [0.2, 0.25) is 0 Å². The van der Waals surface area contributed by atoms with Crippen LogP contribution >= 0.6 is 0 Å². The zero-order valence-electron chi connectivity index (χ0n) is 9.35. The van der Waals surface area contributed by atoms with Gasteiger partial charge in [0.05, 0.1) is 11.7 Å². The first-order chi connectivity index (χ1) is 7.84. The average Bonchev–Trinajstić information content (AvgIpc) is 2.64. The number of nitrogens with zero attached hydrogens (tertiary/aromatic N) is 2. The van der Waals surface area contributed by atoms with Crippen LogP contribution in [-0.2, 0) is 0 Å². The summed E-state index contributed by atoms with van der Waals surface area (Å²) in [5.74, 6) is 0. The Kier molecular flexibility index (Phi) is 2.26. The highest BCUT2D eigenvalue weighted by Crippen LogP contribution is 2.24. The predicted octanol–water partition coefficient (Wildman–Crippen LogP) is 2.00. The Morgan fingerprint density at radius 2 is 2.19 bits per heavy atom. The first kappa shape index (κ1) is 9.60. The van der Waals surface area contributed by atoms with E-state index in [0.29, 0.717) is 6.04 Å². The molecule has 3 rings (SSSR count). The highest BCUT2D eigenvalue weighted by molar-refractivity contribution is 5.60. The van der Waals surface area contributed by atoms with E-state index < -0.39 is 0 Å². The van der Waals surface area contributed by atoms with E-state index in [-0.39, 0.29) is 0 Å². The van der Waals surface area contributed by atoms with Crippen molar-refractivity contribution in [1.82, 2.24) is 15.1 Å². The Labute approximate surface area is 95.1 Å². The van der Waals surface area contributed by atoms with Crippen LogP contribution in [0.3, 0.4) is 0 Å². The lowest BCUT2D eigenvalue weighted by atomic mass is 10.1. The maximum atomic E-state index is 4.42. The molecule has 16 heavy (non-hydrogen) atoms. The van der Waals surface area contributed by atoms with Crippen LogP contribution in [0.25, 0.3) is 11.3 Å². The van der Waals surface area contributed by atoms with Gasteiger partial charge >= 0.3 is 0 Å². The van der Waals surface area contributed by atoms with Crippen LogP contribution < -0.4 is 5.32 Å². The molecule has 2 heterocycles. The number of aryl methyl sites for hydroxylation is 1. The molecule has 1 aromatic heterocycles. The molecular weight excluding hydrogens is 198 g/mol. The molecule has 0 amide bonds. The summed E-state index contributed by atoms with van der Waals surface area (Å²) in [6.45, 7) is 4.18. The van der Waals surface area contributed by atoms with Crippen molar-refractivity contribution >= 4 is 0 Å². The van der Waals surface area contributed by atoms with Crippen LogP contribution in [0.1, 0.15) is 11.6 Å². The fourth-order valence-electron chi connectivity index (χ4n) is 2.08. The zero-order chi connectivity index (χ0) is 11.0. The fourth-order valence-corrected chi connectivity index (χ4v) is 2.08. The third kappa shape index (κ3) is 1.53. The van der Waals surface area contributed by atoms with Gasteiger partial charge in [-0.3, -0.25) is 4.68 Å². The summed E-state index contributed by atoms with van der Waals surface area (Å²) in [6.07, 6.45) is 1.88. The van der Waals surface area contributed by atoms with Crippen molar-refractivity contribution in [2.75, 3.05) is 13.1 Å². The van der Waals surface area contributed by atoms with E-state index in [1.165, 1.54) is 16.8 Å². The third-order valence-electron chi connectivity index (χ3n) is 3.09. The van der Waals surface area contributed by atoms with Crippen molar-refractivity contribution in [1.29, 1.82) is 0 Å². The summed E-state index contributed by atoms with van der Waals surface area (Å²) in [6, 6.07) is 11.2. The summed E-state index contributed by atoms with van der Waals surface area (Å²) in [4.78, 5) is 0. The molecule has 1 aromatic carbocycles. The van der Waals surface area contributed by atoms with Crippen LogP contribution in [0.4, 0.5) is 0 Å². The van der Waals surface area contributed by atoms with Crippen LogP contribution in [-0.4, -0.2) is 22.9 Å². The molecule has 3 heteroatoms. The molecule has 1 aliphatic heterocycles. The van der Waals surface area contributed by atoms with Gasteiger partial charge in [-0.1, -0.05) is 23.8 Å². The zero-order valence-corrected chi connectivity index (χ0v) is 9.35. The van der Waals surface area contributed by atoms with E-state index in [4.69, 9.17) is 0 Å². The van der Waals surface area contributed by atoms with Gasteiger partial charge in [0.25, 0.3) is 0 Å². The molecule has 0 unspecified atom stereocenters. The lowest BCUT2D eigenvalue weighted by Gasteiger charge is -2.29. The lowest BCUT2D eigenvalue weighted by molar-refractivity contribution is 0.321. The Hall–Kier alpha value is -1.61. The van der Waals surface area contributed by atoms with Gasteiger partial charge in [-0.15, -0.1) is 0 Å². The first-order valence-corrected chi connectivity index (χ1v) is 5.66. The SMILES string of the molecule is Cc1cccc(-c2ccnn2C2CNC2)c1. The normalized spacial score (nSPS) is 16.1. The molecule has 0 saturated carbocycles. The van der Waals surface area contributed by atoms with Gasteiger partial charge in [-0.2, -0.15) is 5.10 Å². The number of rotatable bonds is 2. The number of benzene rings is 1. The smallest absolute Gasteiger partial charge is 0.0774 e. The van der Waals surface area contributed by atoms with Gasteiger partial charge in [0.2, 0.25) is 0 Å². The number of nitrogens with one attached hydrogen (secondary N) is 1. The fraction of sp³-hybridized carbons (Fsp3) is 0.308. The van der Waals surface area contributed by atoms with Crippen LogP contribution in [0.5, 0.6) is 0 Å². The summed E-state index contributed by atoms with van der Waals surface area (Å²) >= 11 is 0. The average molecular weight is 213 g/mol. The van der Waals surface area contributed by atoms with Crippen molar-refractivity contribution in [2.45, 2.75) is 13.0 Å². The van der Waals surface area contributed by atoms with Gasteiger partial charge in [0.1, 0.15) is 0 Å². The van der Waals surface area contributed by atoms with E-state index in [0.717, 1.165) is 13.1 Å². The molecule has 1 saturated heterocycles. The molecule has 82 valence electrons. The quantitative estimate of drug-likeness (QED) is 0.827. The second-order valence-corrected chi connectivity index (χ2v) is 4.34. The minimum atomic E-state index is 0.519. The summed E-state index contributed by atoms with van der Waals surface area (Å²) < 4.78 is 2.13. The highest BCUT2D eigenvalue weighted by atomic mass is 15.3. The molecule has 1 aliphatic rings. The van der Waals surface area contributed by atoms with Gasteiger partial charge in [0.15, 0.2) is 0 Å². The minimum absolute atomic E-state index is 0.519. The van der Waals surface area contributed by atoms with Gasteiger partial charge in [-0.05, 0) is 19.1 Å². The molecule has 0 bridgehead atoms. The maximum absolute atomic E-state index is 4.42. The van der Waals surface area contributed by atoms with Crippen molar-refractivity contribution in [3.63, 3.8) is 0 Å². The second-order valence-electron chi connectivity index (χ2n) is 4.34. The van der Waals surface area contributed by atoms with Gasteiger partial charge in [0, 0.05) is 24.8 Å². The summed E-state index contributed by atoms with van der Waals surface area (Å²) in [5, 5.41) is 7.70. The molecule has 2 aromatic rings. The summed E-state index contributed by atoms with van der Waals surface area (Å²) in [5.41, 5.74) is 3.76. The monoisotopic (exact) mass is 213 g/mol. The topological polar surface area (TPSA) is 29.9 Å².